The second-order valence-corrected chi connectivity index (χ2v) is 6.67. The first-order valence-corrected chi connectivity index (χ1v) is 7.70. The Labute approximate surface area is 119 Å². The van der Waals surface area contributed by atoms with Crippen LogP contribution in [0.3, 0.4) is 0 Å². The zero-order valence-corrected chi connectivity index (χ0v) is 12.3. The lowest BCUT2D eigenvalue weighted by atomic mass is 10.2. The van der Waals surface area contributed by atoms with E-state index in [1.165, 1.54) is 19.2 Å². The summed E-state index contributed by atoms with van der Waals surface area (Å²) in [5.41, 5.74) is 0.112. The molecule has 0 radical (unpaired) electrons. The van der Waals surface area contributed by atoms with Crippen LogP contribution in [0.15, 0.2) is 23.1 Å². The molecule has 1 saturated carbocycles. The van der Waals surface area contributed by atoms with E-state index in [1.807, 2.05) is 6.92 Å². The van der Waals surface area contributed by atoms with Crippen molar-refractivity contribution in [3.63, 3.8) is 0 Å². The average Bonchev–Trinajstić information content (AvgIpc) is 3.12. The highest BCUT2D eigenvalue weighted by molar-refractivity contribution is 7.89. The zero-order chi connectivity index (χ0) is 14.8. The van der Waals surface area contributed by atoms with Crippen molar-refractivity contribution in [1.29, 1.82) is 0 Å². The van der Waals surface area contributed by atoms with Gasteiger partial charge in [0, 0.05) is 5.54 Å². The van der Waals surface area contributed by atoms with Crippen molar-refractivity contribution in [2.45, 2.75) is 30.2 Å². The minimum absolute atomic E-state index is 0.147. The van der Waals surface area contributed by atoms with Gasteiger partial charge in [-0.25, -0.2) is 13.1 Å². The molecule has 1 fully saturated rings. The number of nitrogens with one attached hydrogen (secondary N) is 1. The summed E-state index contributed by atoms with van der Waals surface area (Å²) < 4.78 is 32.3. The molecule has 6 heteroatoms. The fraction of sp³-hybridized carbons (Fsp3) is 0.429. The number of ether oxygens (including phenoxy) is 1. The number of aliphatic hydroxyl groups is 1. The second-order valence-electron chi connectivity index (χ2n) is 4.99. The van der Waals surface area contributed by atoms with Crippen LogP contribution in [-0.4, -0.2) is 32.8 Å². The van der Waals surface area contributed by atoms with Gasteiger partial charge in [0.2, 0.25) is 10.0 Å². The van der Waals surface area contributed by atoms with Crippen molar-refractivity contribution < 1.29 is 18.3 Å². The van der Waals surface area contributed by atoms with Gasteiger partial charge in [-0.3, -0.25) is 0 Å². The number of methoxy groups -OCH3 is 1. The number of hydrogen-bond donors (Lipinski definition) is 2. The van der Waals surface area contributed by atoms with Crippen LogP contribution in [0.25, 0.3) is 0 Å². The summed E-state index contributed by atoms with van der Waals surface area (Å²) in [4.78, 5) is 0.147. The highest BCUT2D eigenvalue weighted by atomic mass is 32.2. The lowest BCUT2D eigenvalue weighted by Crippen LogP contribution is -2.34. The third-order valence-electron chi connectivity index (χ3n) is 3.16. The molecule has 108 valence electrons. The first kappa shape index (κ1) is 14.9. The van der Waals surface area contributed by atoms with Crippen molar-refractivity contribution in [3.05, 3.63) is 23.8 Å². The van der Waals surface area contributed by atoms with Crippen molar-refractivity contribution >= 4 is 10.0 Å². The predicted octanol–water partition coefficient (Wildman–Crippen LogP) is 0.870. The van der Waals surface area contributed by atoms with Crippen LogP contribution in [0.2, 0.25) is 0 Å². The van der Waals surface area contributed by atoms with E-state index in [-0.39, 0.29) is 17.0 Å². The van der Waals surface area contributed by atoms with E-state index in [4.69, 9.17) is 9.84 Å². The van der Waals surface area contributed by atoms with Gasteiger partial charge in [-0.1, -0.05) is 11.8 Å². The largest absolute Gasteiger partial charge is 0.495 e. The molecule has 0 saturated heterocycles. The Morgan fingerprint density at radius 2 is 2.15 bits per heavy atom. The minimum atomic E-state index is -3.56. The molecule has 0 spiro atoms. The van der Waals surface area contributed by atoms with Gasteiger partial charge >= 0.3 is 0 Å². The Morgan fingerprint density at radius 1 is 1.45 bits per heavy atom. The van der Waals surface area contributed by atoms with E-state index >= 15 is 0 Å². The fourth-order valence-corrected chi connectivity index (χ4v) is 3.25. The number of hydrogen-bond acceptors (Lipinski definition) is 4. The molecule has 20 heavy (non-hydrogen) atoms. The molecule has 0 aliphatic heterocycles. The normalized spacial score (nSPS) is 16.1. The molecule has 0 atom stereocenters. The highest BCUT2D eigenvalue weighted by Crippen LogP contribution is 2.36. The van der Waals surface area contributed by atoms with E-state index in [9.17, 15) is 8.42 Å². The van der Waals surface area contributed by atoms with Crippen molar-refractivity contribution in [3.8, 4) is 17.6 Å². The number of benzene rings is 1. The van der Waals surface area contributed by atoms with Crippen LogP contribution in [0.5, 0.6) is 5.75 Å². The predicted molar refractivity (Wildman–Crippen MR) is 74.9 cm³/mol. The van der Waals surface area contributed by atoms with Crippen molar-refractivity contribution in [1.82, 2.24) is 4.72 Å². The molecule has 1 aliphatic carbocycles. The van der Waals surface area contributed by atoms with E-state index in [1.54, 1.807) is 6.07 Å². The molecule has 0 heterocycles. The van der Waals surface area contributed by atoms with Crippen LogP contribution in [0.4, 0.5) is 0 Å². The lowest BCUT2D eigenvalue weighted by Gasteiger charge is -2.13. The molecule has 1 aromatic rings. The van der Waals surface area contributed by atoms with Gasteiger partial charge < -0.3 is 9.84 Å². The summed E-state index contributed by atoms with van der Waals surface area (Å²) in [6.45, 7) is 1.58. The molecule has 0 bridgehead atoms. The van der Waals surface area contributed by atoms with Crippen molar-refractivity contribution in [2.75, 3.05) is 13.7 Å². The molecule has 5 nitrogen and oxygen atoms in total. The van der Waals surface area contributed by atoms with Crippen LogP contribution in [0, 0.1) is 11.8 Å². The van der Waals surface area contributed by atoms with E-state index in [2.05, 4.69) is 16.6 Å². The van der Waals surface area contributed by atoms with Crippen LogP contribution in [-0.2, 0) is 10.0 Å². The quantitative estimate of drug-likeness (QED) is 0.808. The molecule has 0 amide bonds. The summed E-state index contributed by atoms with van der Waals surface area (Å²) in [6, 6.07) is 4.50. The number of aliphatic hydroxyl groups excluding tert-OH is 1. The lowest BCUT2D eigenvalue weighted by molar-refractivity contribution is 0.350. The first-order valence-electron chi connectivity index (χ1n) is 6.22. The van der Waals surface area contributed by atoms with Gasteiger partial charge in [0.15, 0.2) is 0 Å². The number of rotatable bonds is 4. The molecule has 1 aliphatic rings. The molecule has 0 unspecified atom stereocenters. The van der Waals surface area contributed by atoms with Gasteiger partial charge in [0.05, 0.1) is 17.6 Å². The Balaban J connectivity index is 2.37. The molecule has 2 N–H and O–H groups in total. The molecule has 0 aromatic heterocycles. The van der Waals surface area contributed by atoms with Gasteiger partial charge in [-0.15, -0.1) is 0 Å². The highest BCUT2D eigenvalue weighted by Gasteiger charge is 2.41. The van der Waals surface area contributed by atoms with Crippen LogP contribution in [0.1, 0.15) is 25.3 Å². The third-order valence-corrected chi connectivity index (χ3v) is 4.80. The van der Waals surface area contributed by atoms with Crippen molar-refractivity contribution in [2.24, 2.45) is 0 Å². The maximum Gasteiger partial charge on any atom is 0.241 e. The maximum absolute atomic E-state index is 12.3. The summed E-state index contributed by atoms with van der Waals surface area (Å²) in [7, 11) is -2.08. The first-order chi connectivity index (χ1) is 9.40. The van der Waals surface area contributed by atoms with Gasteiger partial charge in [-0.2, -0.15) is 0 Å². The van der Waals surface area contributed by atoms with E-state index in [0.29, 0.717) is 11.3 Å². The standard InChI is InChI=1S/C14H17NO4S/c1-14(7-8-14)15-20(17,18)12-5-6-13(19-2)11(10-12)4-3-9-16/h5-6,10,15-16H,7-9H2,1-2H3. The SMILES string of the molecule is COc1ccc(S(=O)(=O)NC2(C)CC2)cc1C#CCO. The fourth-order valence-electron chi connectivity index (χ4n) is 1.76. The van der Waals surface area contributed by atoms with Gasteiger partial charge in [0.1, 0.15) is 12.4 Å². The summed E-state index contributed by atoms with van der Waals surface area (Å²) in [5, 5.41) is 8.74. The molecular weight excluding hydrogens is 278 g/mol. The average molecular weight is 295 g/mol. The summed E-state index contributed by atoms with van der Waals surface area (Å²) >= 11 is 0. The Kier molecular flexibility index (Phi) is 4.04. The summed E-state index contributed by atoms with van der Waals surface area (Å²) in [5.74, 6) is 5.65. The van der Waals surface area contributed by atoms with Gasteiger partial charge in [-0.05, 0) is 38.0 Å². The molecular formula is C14H17NO4S. The zero-order valence-electron chi connectivity index (χ0n) is 11.4. The Hall–Kier alpha value is -1.55. The maximum atomic E-state index is 12.3. The Bertz CT molecular complexity index is 666. The van der Waals surface area contributed by atoms with Gasteiger partial charge in [0.25, 0.3) is 0 Å². The third kappa shape index (κ3) is 3.31. The minimum Gasteiger partial charge on any atom is -0.495 e. The smallest absolute Gasteiger partial charge is 0.241 e. The van der Waals surface area contributed by atoms with E-state index < -0.39 is 10.0 Å². The van der Waals surface area contributed by atoms with E-state index in [0.717, 1.165) is 12.8 Å². The summed E-state index contributed by atoms with van der Waals surface area (Å²) in [6.07, 6.45) is 1.69. The topological polar surface area (TPSA) is 75.6 Å². The Morgan fingerprint density at radius 3 is 2.70 bits per heavy atom. The second kappa shape index (κ2) is 5.44. The van der Waals surface area contributed by atoms with Crippen LogP contribution >= 0.6 is 0 Å². The monoisotopic (exact) mass is 295 g/mol. The van der Waals surface area contributed by atoms with Crippen LogP contribution < -0.4 is 9.46 Å². The molecule has 2 rings (SSSR count). The number of sulfonamides is 1. The molecule has 1 aromatic carbocycles.